The molecule has 1 heterocycles. The highest BCUT2D eigenvalue weighted by Gasteiger charge is 2.47. The molecule has 1 aliphatic rings. The molecule has 0 saturated heterocycles. The molecule has 106 valence electrons. The fourth-order valence-electron chi connectivity index (χ4n) is 2.46. The third-order valence-electron chi connectivity index (χ3n) is 4.17. The number of anilines is 1. The van der Waals surface area contributed by atoms with Crippen molar-refractivity contribution in [2.24, 2.45) is 5.41 Å². The van der Waals surface area contributed by atoms with Gasteiger partial charge >= 0.3 is 0 Å². The van der Waals surface area contributed by atoms with E-state index in [1.165, 1.54) is 23.4 Å². The maximum Gasteiger partial charge on any atom is 0.150 e. The predicted octanol–water partition coefficient (Wildman–Crippen LogP) is 1.98. The Kier molecular flexibility index (Phi) is 2.97. The van der Waals surface area contributed by atoms with Crippen molar-refractivity contribution in [3.63, 3.8) is 0 Å². The van der Waals surface area contributed by atoms with Crippen LogP contribution in [0.3, 0.4) is 0 Å². The van der Waals surface area contributed by atoms with Crippen LogP contribution in [0.2, 0.25) is 0 Å². The monoisotopic (exact) mass is 276 g/mol. The number of halogens is 1. The van der Waals surface area contributed by atoms with Gasteiger partial charge in [-0.05, 0) is 24.6 Å². The maximum absolute atomic E-state index is 14.1. The fraction of sp³-hybridized carbons (Fsp3) is 0.429. The first-order chi connectivity index (χ1) is 9.48. The number of hydrogen-bond donors (Lipinski definition) is 2. The van der Waals surface area contributed by atoms with Crippen molar-refractivity contribution < 1.29 is 9.50 Å². The maximum atomic E-state index is 14.1. The molecular formula is C14H17FN4O. The van der Waals surface area contributed by atoms with Crippen LogP contribution in [0.5, 0.6) is 0 Å². The molecule has 6 heteroatoms. The average Bonchev–Trinajstić information content (AvgIpc) is 2.92. The quantitative estimate of drug-likeness (QED) is 0.899. The second-order valence-corrected chi connectivity index (χ2v) is 5.78. The molecule has 0 aliphatic heterocycles. The van der Waals surface area contributed by atoms with Gasteiger partial charge in [-0.25, -0.2) is 14.1 Å². The van der Waals surface area contributed by atoms with Crippen LogP contribution in [0.1, 0.15) is 20.3 Å². The van der Waals surface area contributed by atoms with Gasteiger partial charge in [0, 0.05) is 17.1 Å². The predicted molar refractivity (Wildman–Crippen MR) is 73.1 cm³/mol. The summed E-state index contributed by atoms with van der Waals surface area (Å²) in [5, 5.41) is 16.9. The summed E-state index contributed by atoms with van der Waals surface area (Å²) in [5.41, 5.74) is 0.874. The van der Waals surface area contributed by atoms with E-state index in [2.05, 4.69) is 15.4 Å². The highest BCUT2D eigenvalue weighted by Crippen LogP contribution is 2.42. The molecule has 0 radical (unpaired) electrons. The average molecular weight is 276 g/mol. The number of hydrogen-bond acceptors (Lipinski definition) is 4. The number of aliphatic hydroxyl groups excluding tert-OH is 1. The Morgan fingerprint density at radius 1 is 1.45 bits per heavy atom. The first-order valence-electron chi connectivity index (χ1n) is 6.57. The van der Waals surface area contributed by atoms with Crippen molar-refractivity contribution in [1.29, 1.82) is 0 Å². The van der Waals surface area contributed by atoms with Crippen LogP contribution in [-0.4, -0.2) is 32.0 Å². The molecule has 0 spiro atoms. The number of benzene rings is 1. The van der Waals surface area contributed by atoms with Crippen LogP contribution >= 0.6 is 0 Å². The molecule has 1 fully saturated rings. The highest BCUT2D eigenvalue weighted by atomic mass is 19.1. The second-order valence-electron chi connectivity index (χ2n) is 5.78. The minimum absolute atomic E-state index is 0.147. The van der Waals surface area contributed by atoms with E-state index < -0.39 is 0 Å². The smallest absolute Gasteiger partial charge is 0.150 e. The number of aromatic nitrogens is 3. The second kappa shape index (κ2) is 4.56. The number of rotatable bonds is 3. The lowest BCUT2D eigenvalue weighted by Gasteiger charge is -2.49. The summed E-state index contributed by atoms with van der Waals surface area (Å²) in [5.74, 6) is -0.363. The van der Waals surface area contributed by atoms with Gasteiger partial charge in [0.1, 0.15) is 18.3 Å². The van der Waals surface area contributed by atoms with E-state index in [9.17, 15) is 9.50 Å². The van der Waals surface area contributed by atoms with Gasteiger partial charge in [0.2, 0.25) is 0 Å². The van der Waals surface area contributed by atoms with Gasteiger partial charge in [0.15, 0.2) is 5.82 Å². The van der Waals surface area contributed by atoms with Crippen LogP contribution in [-0.2, 0) is 0 Å². The topological polar surface area (TPSA) is 63.0 Å². The zero-order valence-corrected chi connectivity index (χ0v) is 11.4. The van der Waals surface area contributed by atoms with Crippen LogP contribution in [0, 0.1) is 11.2 Å². The largest absolute Gasteiger partial charge is 0.392 e. The molecule has 3 rings (SSSR count). The molecule has 0 amide bonds. The van der Waals surface area contributed by atoms with E-state index in [0.29, 0.717) is 17.8 Å². The van der Waals surface area contributed by atoms with Gasteiger partial charge in [-0.3, -0.25) is 0 Å². The van der Waals surface area contributed by atoms with Gasteiger partial charge in [-0.1, -0.05) is 13.8 Å². The van der Waals surface area contributed by atoms with Gasteiger partial charge in [-0.15, -0.1) is 0 Å². The van der Waals surface area contributed by atoms with Crippen molar-refractivity contribution in [2.75, 3.05) is 5.32 Å². The number of aliphatic hydroxyl groups is 1. The summed E-state index contributed by atoms with van der Waals surface area (Å²) in [6, 6.07) is 5.06. The Morgan fingerprint density at radius 3 is 2.80 bits per heavy atom. The standard InChI is InChI=1S/C14H17FN4O/c1-14(2)12(6-13(14)20)18-9-3-4-11(10(15)5-9)19-8-16-7-17-19/h3-5,7-8,12-13,18,20H,6H2,1-2H3. The van der Waals surface area contributed by atoms with Crippen molar-refractivity contribution >= 4 is 5.69 Å². The Balaban J connectivity index is 1.78. The van der Waals surface area contributed by atoms with E-state index in [1.807, 2.05) is 13.8 Å². The number of nitrogens with one attached hydrogen (secondary N) is 1. The van der Waals surface area contributed by atoms with Crippen LogP contribution < -0.4 is 5.32 Å². The molecule has 2 unspecified atom stereocenters. The van der Waals surface area contributed by atoms with E-state index in [4.69, 9.17) is 0 Å². The van der Waals surface area contributed by atoms with Crippen LogP contribution in [0.15, 0.2) is 30.9 Å². The first-order valence-corrected chi connectivity index (χ1v) is 6.57. The lowest BCUT2D eigenvalue weighted by Crippen LogP contribution is -2.56. The van der Waals surface area contributed by atoms with Crippen LogP contribution in [0.4, 0.5) is 10.1 Å². The molecular weight excluding hydrogens is 259 g/mol. The minimum Gasteiger partial charge on any atom is -0.392 e. The van der Waals surface area contributed by atoms with E-state index in [1.54, 1.807) is 12.1 Å². The Bertz CT molecular complexity index is 612. The summed E-state index contributed by atoms with van der Waals surface area (Å²) >= 11 is 0. The molecule has 2 N–H and O–H groups in total. The molecule has 2 aromatic rings. The lowest BCUT2D eigenvalue weighted by molar-refractivity contribution is -0.0510. The van der Waals surface area contributed by atoms with Crippen molar-refractivity contribution in [2.45, 2.75) is 32.4 Å². The van der Waals surface area contributed by atoms with Gasteiger partial charge in [-0.2, -0.15) is 5.10 Å². The summed E-state index contributed by atoms with van der Waals surface area (Å²) in [4.78, 5) is 3.80. The summed E-state index contributed by atoms with van der Waals surface area (Å²) < 4.78 is 15.5. The van der Waals surface area contributed by atoms with Gasteiger partial charge in [0.05, 0.1) is 6.10 Å². The molecule has 5 nitrogen and oxygen atoms in total. The summed E-state index contributed by atoms with van der Waals surface area (Å²) in [6.45, 7) is 4.00. The number of nitrogens with zero attached hydrogens (tertiary/aromatic N) is 3. The Morgan fingerprint density at radius 2 is 2.25 bits per heavy atom. The van der Waals surface area contributed by atoms with Crippen LogP contribution in [0.25, 0.3) is 5.69 Å². The third-order valence-corrected chi connectivity index (χ3v) is 4.17. The van der Waals surface area contributed by atoms with E-state index in [-0.39, 0.29) is 23.4 Å². The van der Waals surface area contributed by atoms with E-state index >= 15 is 0 Å². The normalized spacial score (nSPS) is 24.2. The van der Waals surface area contributed by atoms with Gasteiger partial charge in [0.25, 0.3) is 0 Å². The minimum atomic E-state index is -0.363. The Labute approximate surface area is 116 Å². The zero-order valence-electron chi connectivity index (χ0n) is 11.4. The SMILES string of the molecule is CC1(C)C(O)CC1Nc1ccc(-n2cncn2)c(F)c1. The fourth-order valence-corrected chi connectivity index (χ4v) is 2.46. The summed E-state index contributed by atoms with van der Waals surface area (Å²) in [7, 11) is 0. The van der Waals surface area contributed by atoms with Crippen molar-refractivity contribution in [3.05, 3.63) is 36.7 Å². The lowest BCUT2D eigenvalue weighted by atomic mass is 9.64. The Hall–Kier alpha value is -1.95. The van der Waals surface area contributed by atoms with Crippen molar-refractivity contribution in [3.8, 4) is 5.69 Å². The first kappa shape index (κ1) is 13.1. The molecule has 2 atom stereocenters. The molecule has 20 heavy (non-hydrogen) atoms. The van der Waals surface area contributed by atoms with E-state index in [0.717, 1.165) is 0 Å². The highest BCUT2D eigenvalue weighted by molar-refractivity contribution is 5.50. The molecule has 1 aliphatic carbocycles. The van der Waals surface area contributed by atoms with Crippen molar-refractivity contribution in [1.82, 2.24) is 14.8 Å². The zero-order chi connectivity index (χ0) is 14.3. The molecule has 1 aromatic heterocycles. The molecule has 1 saturated carbocycles. The third kappa shape index (κ3) is 2.06. The van der Waals surface area contributed by atoms with Gasteiger partial charge < -0.3 is 10.4 Å². The molecule has 1 aromatic carbocycles. The molecule has 0 bridgehead atoms. The summed E-state index contributed by atoms with van der Waals surface area (Å²) in [6.07, 6.45) is 3.19.